The van der Waals surface area contributed by atoms with Crippen molar-refractivity contribution < 1.29 is 13.9 Å². The van der Waals surface area contributed by atoms with Gasteiger partial charge in [-0.2, -0.15) is 0 Å². The van der Waals surface area contributed by atoms with E-state index in [0.29, 0.717) is 11.3 Å². The standard InChI is InChI=1S/C13H19FN2O2/c1-13(2,3)16-12(17)15-8-9-7-10(14)5-6-11(9)18-4/h5-7H,8H2,1-4H3,(H2,15,16,17). The van der Waals surface area contributed by atoms with Crippen molar-refractivity contribution in [3.8, 4) is 5.75 Å². The number of methoxy groups -OCH3 is 1. The van der Waals surface area contributed by atoms with Gasteiger partial charge in [-0.3, -0.25) is 0 Å². The topological polar surface area (TPSA) is 50.4 Å². The van der Waals surface area contributed by atoms with Crippen LogP contribution in [0.1, 0.15) is 26.3 Å². The molecule has 0 aromatic heterocycles. The van der Waals surface area contributed by atoms with Gasteiger partial charge in [-0.25, -0.2) is 9.18 Å². The van der Waals surface area contributed by atoms with Gasteiger partial charge in [-0.1, -0.05) is 0 Å². The first kappa shape index (κ1) is 14.3. The molecule has 0 radical (unpaired) electrons. The van der Waals surface area contributed by atoms with E-state index in [0.717, 1.165) is 0 Å². The van der Waals surface area contributed by atoms with Crippen LogP contribution in [0.4, 0.5) is 9.18 Å². The second kappa shape index (κ2) is 5.71. The molecule has 0 saturated heterocycles. The summed E-state index contributed by atoms with van der Waals surface area (Å²) in [4.78, 5) is 11.6. The van der Waals surface area contributed by atoms with Crippen molar-refractivity contribution in [3.05, 3.63) is 29.6 Å². The maximum absolute atomic E-state index is 13.1. The highest BCUT2D eigenvalue weighted by Gasteiger charge is 2.13. The minimum atomic E-state index is -0.358. The minimum absolute atomic E-state index is 0.211. The van der Waals surface area contributed by atoms with Crippen LogP contribution >= 0.6 is 0 Å². The third kappa shape index (κ3) is 4.61. The maximum Gasteiger partial charge on any atom is 0.315 e. The van der Waals surface area contributed by atoms with Gasteiger partial charge >= 0.3 is 6.03 Å². The van der Waals surface area contributed by atoms with E-state index in [2.05, 4.69) is 10.6 Å². The Balaban J connectivity index is 2.63. The molecule has 100 valence electrons. The van der Waals surface area contributed by atoms with Gasteiger partial charge in [0.1, 0.15) is 11.6 Å². The van der Waals surface area contributed by atoms with Gasteiger partial charge < -0.3 is 15.4 Å². The van der Waals surface area contributed by atoms with Crippen LogP contribution in [0, 0.1) is 5.82 Å². The summed E-state index contributed by atoms with van der Waals surface area (Å²) in [7, 11) is 1.51. The van der Waals surface area contributed by atoms with Crippen LogP contribution in [0.25, 0.3) is 0 Å². The molecule has 4 nitrogen and oxygen atoms in total. The smallest absolute Gasteiger partial charge is 0.315 e. The molecule has 0 atom stereocenters. The van der Waals surface area contributed by atoms with Gasteiger partial charge in [0, 0.05) is 17.6 Å². The lowest BCUT2D eigenvalue weighted by molar-refractivity contribution is 0.231. The lowest BCUT2D eigenvalue weighted by Crippen LogP contribution is -2.46. The zero-order chi connectivity index (χ0) is 13.8. The summed E-state index contributed by atoms with van der Waals surface area (Å²) in [6, 6.07) is 3.90. The van der Waals surface area contributed by atoms with Gasteiger partial charge in [0.05, 0.1) is 7.11 Å². The number of benzene rings is 1. The van der Waals surface area contributed by atoms with Crippen LogP contribution in [0.2, 0.25) is 0 Å². The van der Waals surface area contributed by atoms with E-state index in [-0.39, 0.29) is 23.9 Å². The first-order valence-electron chi connectivity index (χ1n) is 5.70. The Labute approximate surface area is 107 Å². The van der Waals surface area contributed by atoms with E-state index >= 15 is 0 Å². The van der Waals surface area contributed by atoms with Crippen molar-refractivity contribution in [3.63, 3.8) is 0 Å². The molecule has 0 heterocycles. The molecular weight excluding hydrogens is 235 g/mol. The molecule has 1 rings (SSSR count). The largest absolute Gasteiger partial charge is 0.496 e. The quantitative estimate of drug-likeness (QED) is 0.870. The molecule has 2 amide bonds. The Bertz CT molecular complexity index is 427. The first-order chi connectivity index (χ1) is 8.31. The van der Waals surface area contributed by atoms with Gasteiger partial charge in [-0.05, 0) is 39.0 Å². The van der Waals surface area contributed by atoms with Gasteiger partial charge in [-0.15, -0.1) is 0 Å². The maximum atomic E-state index is 13.1. The molecule has 1 aromatic rings. The monoisotopic (exact) mass is 254 g/mol. The summed E-state index contributed by atoms with van der Waals surface area (Å²) in [6.07, 6.45) is 0. The molecule has 0 unspecified atom stereocenters. The summed E-state index contributed by atoms with van der Waals surface area (Å²) < 4.78 is 18.2. The van der Waals surface area contributed by atoms with Crippen LogP contribution in [-0.2, 0) is 6.54 Å². The Kier molecular flexibility index (Phi) is 4.53. The summed E-state index contributed by atoms with van der Waals surface area (Å²) in [6.45, 7) is 5.86. The van der Waals surface area contributed by atoms with E-state index in [1.165, 1.54) is 25.3 Å². The average Bonchev–Trinajstić information content (AvgIpc) is 2.24. The number of urea groups is 1. The summed E-state index contributed by atoms with van der Waals surface area (Å²) in [5.41, 5.74) is 0.289. The Morgan fingerprint density at radius 2 is 2.06 bits per heavy atom. The van der Waals surface area contributed by atoms with Crippen molar-refractivity contribution in [2.24, 2.45) is 0 Å². The number of carbonyl (C=O) groups excluding carboxylic acids is 1. The van der Waals surface area contributed by atoms with E-state index < -0.39 is 0 Å². The highest BCUT2D eigenvalue weighted by molar-refractivity contribution is 5.74. The van der Waals surface area contributed by atoms with Crippen molar-refractivity contribution in [2.75, 3.05) is 7.11 Å². The molecule has 2 N–H and O–H groups in total. The summed E-state index contributed by atoms with van der Waals surface area (Å²) in [5, 5.41) is 5.42. The fourth-order valence-electron chi connectivity index (χ4n) is 1.45. The number of amides is 2. The van der Waals surface area contributed by atoms with Gasteiger partial charge in [0.15, 0.2) is 0 Å². The zero-order valence-electron chi connectivity index (χ0n) is 11.1. The average molecular weight is 254 g/mol. The third-order valence-electron chi connectivity index (χ3n) is 2.17. The lowest BCUT2D eigenvalue weighted by atomic mass is 10.1. The van der Waals surface area contributed by atoms with E-state index in [9.17, 15) is 9.18 Å². The minimum Gasteiger partial charge on any atom is -0.496 e. The van der Waals surface area contributed by atoms with Crippen LogP contribution in [0.5, 0.6) is 5.75 Å². The number of carbonyl (C=O) groups is 1. The van der Waals surface area contributed by atoms with Crippen molar-refractivity contribution in [2.45, 2.75) is 32.9 Å². The summed E-state index contributed by atoms with van der Waals surface area (Å²) in [5.74, 6) is 0.191. The lowest BCUT2D eigenvalue weighted by Gasteiger charge is -2.21. The van der Waals surface area contributed by atoms with Gasteiger partial charge in [0.2, 0.25) is 0 Å². The SMILES string of the molecule is COc1ccc(F)cc1CNC(=O)NC(C)(C)C. The number of halogens is 1. The van der Waals surface area contributed by atoms with E-state index in [4.69, 9.17) is 4.74 Å². The molecule has 0 bridgehead atoms. The molecule has 0 fully saturated rings. The Morgan fingerprint density at radius 3 is 2.61 bits per heavy atom. The molecule has 0 aliphatic rings. The molecule has 0 aliphatic heterocycles. The first-order valence-corrected chi connectivity index (χ1v) is 5.70. The number of rotatable bonds is 3. The number of hydrogen-bond donors (Lipinski definition) is 2. The number of nitrogens with one attached hydrogen (secondary N) is 2. The molecule has 18 heavy (non-hydrogen) atoms. The molecular formula is C13H19FN2O2. The normalized spacial score (nSPS) is 10.9. The van der Waals surface area contributed by atoms with Crippen molar-refractivity contribution >= 4 is 6.03 Å². The van der Waals surface area contributed by atoms with Crippen LogP contribution in [-0.4, -0.2) is 18.7 Å². The second-order valence-electron chi connectivity index (χ2n) is 5.01. The fraction of sp³-hybridized carbons (Fsp3) is 0.462. The molecule has 1 aromatic carbocycles. The predicted molar refractivity (Wildman–Crippen MR) is 68.1 cm³/mol. The van der Waals surface area contributed by atoms with Crippen molar-refractivity contribution in [1.29, 1.82) is 0 Å². The summed E-state index contributed by atoms with van der Waals surface area (Å²) >= 11 is 0. The number of ether oxygens (including phenoxy) is 1. The molecule has 0 spiro atoms. The molecule has 0 aliphatic carbocycles. The second-order valence-corrected chi connectivity index (χ2v) is 5.01. The predicted octanol–water partition coefficient (Wildman–Crippen LogP) is 2.43. The number of hydrogen-bond acceptors (Lipinski definition) is 2. The van der Waals surface area contributed by atoms with Gasteiger partial charge in [0.25, 0.3) is 0 Å². The zero-order valence-corrected chi connectivity index (χ0v) is 11.1. The third-order valence-corrected chi connectivity index (χ3v) is 2.17. The molecule has 5 heteroatoms. The van der Waals surface area contributed by atoms with Crippen LogP contribution < -0.4 is 15.4 Å². The van der Waals surface area contributed by atoms with Crippen molar-refractivity contribution in [1.82, 2.24) is 10.6 Å². The highest BCUT2D eigenvalue weighted by atomic mass is 19.1. The molecule has 0 saturated carbocycles. The van der Waals surface area contributed by atoms with Crippen LogP contribution in [0.15, 0.2) is 18.2 Å². The van der Waals surface area contributed by atoms with Crippen LogP contribution in [0.3, 0.4) is 0 Å². The Morgan fingerprint density at radius 1 is 1.39 bits per heavy atom. The van der Waals surface area contributed by atoms with E-state index in [1.54, 1.807) is 0 Å². The fourth-order valence-corrected chi connectivity index (χ4v) is 1.45. The van der Waals surface area contributed by atoms with E-state index in [1.807, 2.05) is 20.8 Å². The Hall–Kier alpha value is -1.78. The highest BCUT2D eigenvalue weighted by Crippen LogP contribution is 2.18.